The number of pyridine rings is 1. The van der Waals surface area contributed by atoms with Gasteiger partial charge in [-0.3, -0.25) is 4.79 Å². The number of ether oxygens (including phenoxy) is 1. The number of hydrogen-bond acceptors (Lipinski definition) is 3. The van der Waals surface area contributed by atoms with Crippen LogP contribution in [0.3, 0.4) is 0 Å². The third kappa shape index (κ3) is 4.85. The highest BCUT2D eigenvalue weighted by Crippen LogP contribution is 2.42. The van der Waals surface area contributed by atoms with Gasteiger partial charge in [0.25, 0.3) is 5.91 Å². The normalized spacial score (nSPS) is 18.8. The van der Waals surface area contributed by atoms with Gasteiger partial charge in [0.05, 0.1) is 11.6 Å². The monoisotopic (exact) mass is 469 g/mol. The first kappa shape index (κ1) is 23.6. The Balaban J connectivity index is 1.61. The molecule has 1 aliphatic rings. The van der Waals surface area contributed by atoms with Crippen LogP contribution in [0.2, 0.25) is 0 Å². The Hall–Kier alpha value is -3.55. The van der Waals surface area contributed by atoms with E-state index in [1.54, 1.807) is 17.8 Å². The van der Waals surface area contributed by atoms with Crippen molar-refractivity contribution in [3.8, 4) is 5.88 Å². The van der Waals surface area contributed by atoms with E-state index in [2.05, 4.69) is 10.3 Å². The molecule has 0 saturated heterocycles. The van der Waals surface area contributed by atoms with E-state index in [1.165, 1.54) is 0 Å². The van der Waals surface area contributed by atoms with Crippen LogP contribution in [0.25, 0.3) is 11.0 Å². The number of halogens is 3. The van der Waals surface area contributed by atoms with E-state index in [0.29, 0.717) is 5.56 Å². The zero-order valence-electron chi connectivity index (χ0n) is 19.1. The maximum atomic E-state index is 14.1. The van der Waals surface area contributed by atoms with E-state index < -0.39 is 24.3 Å². The van der Waals surface area contributed by atoms with E-state index in [1.807, 2.05) is 68.5 Å². The van der Waals surface area contributed by atoms with Crippen molar-refractivity contribution >= 4 is 16.9 Å². The Bertz CT molecular complexity index is 1250. The number of nitrogens with one attached hydrogen (secondary N) is 1. The Morgan fingerprint density at radius 3 is 2.59 bits per heavy atom. The van der Waals surface area contributed by atoms with Crippen molar-refractivity contribution in [2.45, 2.75) is 32.0 Å². The van der Waals surface area contributed by atoms with Crippen LogP contribution in [-0.2, 0) is 18.0 Å². The fourth-order valence-corrected chi connectivity index (χ4v) is 4.29. The molecule has 0 spiro atoms. The van der Waals surface area contributed by atoms with Gasteiger partial charge in [-0.05, 0) is 24.0 Å². The molecule has 1 amide bonds. The number of carbonyl (C=O) groups is 1. The average Bonchev–Trinajstić information content (AvgIpc) is 3.13. The molecule has 3 atom stereocenters. The molecule has 8 heteroatoms. The first-order chi connectivity index (χ1) is 16.1. The van der Waals surface area contributed by atoms with Gasteiger partial charge in [0.15, 0.2) is 6.61 Å². The summed E-state index contributed by atoms with van der Waals surface area (Å²) >= 11 is 0. The first-order valence-corrected chi connectivity index (χ1v) is 11.0. The van der Waals surface area contributed by atoms with Crippen molar-refractivity contribution in [1.29, 1.82) is 0 Å². The fraction of sp³-hybridized carbons (Fsp3) is 0.308. The van der Waals surface area contributed by atoms with Crippen molar-refractivity contribution in [3.05, 3.63) is 83.6 Å². The van der Waals surface area contributed by atoms with Gasteiger partial charge < -0.3 is 14.6 Å². The summed E-state index contributed by atoms with van der Waals surface area (Å²) in [5, 5.41) is 2.84. The van der Waals surface area contributed by atoms with Gasteiger partial charge in [-0.25, -0.2) is 0 Å². The summed E-state index contributed by atoms with van der Waals surface area (Å²) in [6.07, 6.45) is 4.69. The first-order valence-electron chi connectivity index (χ1n) is 11.0. The number of benzene rings is 1. The van der Waals surface area contributed by atoms with Gasteiger partial charge in [0.2, 0.25) is 5.88 Å². The lowest BCUT2D eigenvalue weighted by Gasteiger charge is -2.21. The van der Waals surface area contributed by atoms with Crippen LogP contribution < -0.4 is 10.1 Å². The van der Waals surface area contributed by atoms with Gasteiger partial charge in [-0.15, -0.1) is 0 Å². The molecule has 3 aromatic rings. The van der Waals surface area contributed by atoms with Crippen LogP contribution in [-0.4, -0.2) is 22.1 Å². The molecule has 4 rings (SSSR count). The molecule has 2 aromatic heterocycles. The molecular formula is C26H26F3N3O2. The molecule has 0 saturated carbocycles. The predicted molar refractivity (Wildman–Crippen MR) is 124 cm³/mol. The van der Waals surface area contributed by atoms with Crippen molar-refractivity contribution in [1.82, 2.24) is 14.9 Å². The van der Waals surface area contributed by atoms with Gasteiger partial charge in [0.1, 0.15) is 5.65 Å². The second kappa shape index (κ2) is 9.37. The molecule has 0 radical (unpaired) electrons. The van der Waals surface area contributed by atoms with E-state index in [9.17, 15) is 18.0 Å². The Labute approximate surface area is 195 Å². The Morgan fingerprint density at radius 2 is 1.91 bits per heavy atom. The fourth-order valence-electron chi connectivity index (χ4n) is 4.29. The lowest BCUT2D eigenvalue weighted by molar-refractivity contribution is -0.136. The molecule has 1 aliphatic carbocycles. The molecule has 0 aliphatic heterocycles. The molecule has 0 fully saturated rings. The third-order valence-electron chi connectivity index (χ3n) is 6.04. The Kier molecular flexibility index (Phi) is 6.50. The molecular weight excluding hydrogens is 443 g/mol. The van der Waals surface area contributed by atoms with Crippen molar-refractivity contribution in [2.75, 3.05) is 6.61 Å². The molecule has 1 N–H and O–H groups in total. The van der Waals surface area contributed by atoms with Crippen LogP contribution >= 0.6 is 0 Å². The Morgan fingerprint density at radius 1 is 1.21 bits per heavy atom. The van der Waals surface area contributed by atoms with E-state index in [0.717, 1.165) is 11.6 Å². The number of amides is 1. The molecule has 0 bridgehead atoms. The van der Waals surface area contributed by atoms with E-state index in [4.69, 9.17) is 4.74 Å². The summed E-state index contributed by atoms with van der Waals surface area (Å²) in [7, 11) is 1.66. The summed E-state index contributed by atoms with van der Waals surface area (Å²) in [6, 6.07) is 9.96. The largest absolute Gasteiger partial charge is 0.467 e. The number of aryl methyl sites for hydroxylation is 1. The van der Waals surface area contributed by atoms with Crippen LogP contribution in [0.1, 0.15) is 42.5 Å². The molecule has 178 valence electrons. The number of rotatable bonds is 6. The van der Waals surface area contributed by atoms with Gasteiger partial charge in [0, 0.05) is 30.6 Å². The van der Waals surface area contributed by atoms with Crippen LogP contribution in [0.5, 0.6) is 5.88 Å². The van der Waals surface area contributed by atoms with Crippen LogP contribution in [0, 0.1) is 5.92 Å². The molecule has 1 aromatic carbocycles. The number of allylic oxidation sites excluding steroid dienone is 4. The van der Waals surface area contributed by atoms with Crippen LogP contribution in [0.4, 0.5) is 13.2 Å². The SMILES string of the molecule is CC1C=CC=CC1c1cn(C)c2nc(OCC(=O)N[C@@H](C)c3ccccc3)cc(C(F)(F)F)c12. The van der Waals surface area contributed by atoms with Gasteiger partial charge in [-0.2, -0.15) is 18.2 Å². The van der Waals surface area contributed by atoms with Gasteiger partial charge >= 0.3 is 6.18 Å². The average molecular weight is 470 g/mol. The smallest absolute Gasteiger partial charge is 0.417 e. The number of alkyl halides is 3. The number of fused-ring (bicyclic) bond motifs is 1. The minimum atomic E-state index is -4.61. The maximum Gasteiger partial charge on any atom is 0.417 e. The molecule has 2 unspecified atom stereocenters. The second-order valence-electron chi connectivity index (χ2n) is 8.54. The lowest BCUT2D eigenvalue weighted by atomic mass is 9.83. The lowest BCUT2D eigenvalue weighted by Crippen LogP contribution is -2.31. The molecule has 34 heavy (non-hydrogen) atoms. The highest BCUT2D eigenvalue weighted by atomic mass is 19.4. The summed E-state index contributed by atoms with van der Waals surface area (Å²) in [6.45, 7) is 3.34. The minimum absolute atomic E-state index is 0.0444. The van der Waals surface area contributed by atoms with Crippen molar-refractivity contribution in [3.63, 3.8) is 0 Å². The van der Waals surface area contributed by atoms with Crippen molar-refractivity contribution < 1.29 is 22.7 Å². The zero-order chi connectivity index (χ0) is 24.5. The van der Waals surface area contributed by atoms with Gasteiger partial charge in [-0.1, -0.05) is 61.6 Å². The number of carbonyl (C=O) groups excluding carboxylic acids is 1. The standard InChI is InChI=1S/C26H26F3N3O2/c1-16-9-7-8-12-19(16)20-14-32(3)25-24(20)21(26(27,28)29)13-23(31-25)34-15-22(33)30-17(2)18-10-5-4-6-11-18/h4-14,16-17,19H,15H2,1-3H3,(H,30,33)/t16?,17-,19?/m0/s1. The molecule has 2 heterocycles. The highest BCUT2D eigenvalue weighted by Gasteiger charge is 2.37. The summed E-state index contributed by atoms with van der Waals surface area (Å²) in [5.74, 6) is -0.855. The van der Waals surface area contributed by atoms with E-state index >= 15 is 0 Å². The van der Waals surface area contributed by atoms with E-state index in [-0.39, 0.29) is 34.8 Å². The summed E-state index contributed by atoms with van der Waals surface area (Å²) in [5.41, 5.74) is 0.808. The highest BCUT2D eigenvalue weighted by molar-refractivity contribution is 5.86. The second-order valence-corrected chi connectivity index (χ2v) is 8.54. The number of hydrogen-bond donors (Lipinski definition) is 1. The minimum Gasteiger partial charge on any atom is -0.467 e. The topological polar surface area (TPSA) is 56.2 Å². The number of aromatic nitrogens is 2. The number of nitrogens with zero attached hydrogens (tertiary/aromatic N) is 2. The zero-order valence-corrected chi connectivity index (χ0v) is 19.1. The summed E-state index contributed by atoms with van der Waals surface area (Å²) in [4.78, 5) is 16.7. The van der Waals surface area contributed by atoms with Crippen molar-refractivity contribution in [2.24, 2.45) is 13.0 Å². The maximum absolute atomic E-state index is 14.1. The summed E-state index contributed by atoms with van der Waals surface area (Å²) < 4.78 is 49.3. The van der Waals surface area contributed by atoms with Crippen LogP contribution in [0.15, 0.2) is 66.9 Å². The quantitative estimate of drug-likeness (QED) is 0.504. The predicted octanol–water partition coefficient (Wildman–Crippen LogP) is 5.69. The molecule has 5 nitrogen and oxygen atoms in total. The third-order valence-corrected chi connectivity index (χ3v) is 6.04.